The molecule has 0 aromatic carbocycles. The Kier molecular flexibility index (Phi) is 4.21. The highest BCUT2D eigenvalue weighted by atomic mass is 16.5. The molecule has 0 unspecified atom stereocenters. The quantitative estimate of drug-likeness (QED) is 0.548. The maximum absolute atomic E-state index is 11.2. The van der Waals surface area contributed by atoms with Gasteiger partial charge in [0.2, 0.25) is 5.76 Å². The highest BCUT2D eigenvalue weighted by Gasteiger charge is 2.08. The molecule has 15 heavy (non-hydrogen) atoms. The third-order valence-corrected chi connectivity index (χ3v) is 1.58. The van der Waals surface area contributed by atoms with Gasteiger partial charge in [-0.05, 0) is 18.6 Å². The second-order valence-electron chi connectivity index (χ2n) is 2.76. The van der Waals surface area contributed by atoms with E-state index >= 15 is 0 Å². The Hall–Kier alpha value is -1.98. The fourth-order valence-corrected chi connectivity index (χ4v) is 0.914. The molecule has 0 aliphatic heterocycles. The minimum absolute atomic E-state index is 0.165. The molecule has 1 rings (SSSR count). The van der Waals surface area contributed by atoms with Crippen LogP contribution in [-0.4, -0.2) is 25.2 Å². The summed E-state index contributed by atoms with van der Waals surface area (Å²) in [6, 6.07) is 2.53. The number of rotatable bonds is 5. The van der Waals surface area contributed by atoms with E-state index in [-0.39, 0.29) is 12.4 Å². The molecule has 0 spiro atoms. The molecule has 3 N–H and O–H groups in total. The highest BCUT2D eigenvalue weighted by Crippen LogP contribution is 2.02. The minimum atomic E-state index is -0.590. The van der Waals surface area contributed by atoms with Gasteiger partial charge in [0.25, 0.3) is 0 Å². The number of hydrogen-bond acceptors (Lipinski definition) is 4. The van der Waals surface area contributed by atoms with E-state index < -0.39 is 12.0 Å². The zero-order chi connectivity index (χ0) is 11.1. The van der Waals surface area contributed by atoms with E-state index in [1.165, 1.54) is 12.3 Å². The molecule has 0 radical (unpaired) electrons. The fraction of sp³-hybridized carbons (Fsp3) is 0.333. The van der Waals surface area contributed by atoms with Gasteiger partial charge in [-0.2, -0.15) is 0 Å². The van der Waals surface area contributed by atoms with Crippen molar-refractivity contribution in [3.8, 4) is 0 Å². The number of furan rings is 1. The lowest BCUT2D eigenvalue weighted by Crippen LogP contribution is -2.30. The van der Waals surface area contributed by atoms with Crippen molar-refractivity contribution in [2.75, 3.05) is 13.2 Å². The van der Waals surface area contributed by atoms with Crippen LogP contribution in [0.2, 0.25) is 0 Å². The lowest BCUT2D eigenvalue weighted by atomic mass is 10.4. The van der Waals surface area contributed by atoms with Crippen LogP contribution in [0.25, 0.3) is 0 Å². The molecule has 0 saturated carbocycles. The van der Waals surface area contributed by atoms with E-state index in [0.717, 1.165) is 0 Å². The van der Waals surface area contributed by atoms with Crippen molar-refractivity contribution in [2.45, 2.75) is 6.42 Å². The predicted molar refractivity (Wildman–Crippen MR) is 51.2 cm³/mol. The molecular weight excluding hydrogens is 200 g/mol. The summed E-state index contributed by atoms with van der Waals surface area (Å²) in [5, 5.41) is 2.38. The molecule has 0 bridgehead atoms. The third-order valence-electron chi connectivity index (χ3n) is 1.58. The average molecular weight is 212 g/mol. The molecule has 0 aliphatic carbocycles. The summed E-state index contributed by atoms with van der Waals surface area (Å²) in [4.78, 5) is 21.4. The smallest absolute Gasteiger partial charge is 0.374 e. The number of hydrogen-bond donors (Lipinski definition) is 2. The van der Waals surface area contributed by atoms with Crippen LogP contribution >= 0.6 is 0 Å². The molecule has 2 amide bonds. The Balaban J connectivity index is 2.10. The van der Waals surface area contributed by atoms with Crippen LogP contribution < -0.4 is 11.1 Å². The van der Waals surface area contributed by atoms with Gasteiger partial charge in [0.05, 0.1) is 12.9 Å². The summed E-state index contributed by atoms with van der Waals surface area (Å²) >= 11 is 0. The molecule has 0 atom stereocenters. The standard InChI is InChI=1S/C9H12N2O4/c10-9(13)11-4-2-6-15-8(12)7-3-1-5-14-7/h1,3,5H,2,4,6H2,(H3,10,11,13). The van der Waals surface area contributed by atoms with Crippen molar-refractivity contribution in [3.05, 3.63) is 24.2 Å². The number of nitrogens with one attached hydrogen (secondary N) is 1. The third kappa shape index (κ3) is 4.17. The van der Waals surface area contributed by atoms with Crippen LogP contribution in [0, 0.1) is 0 Å². The summed E-state index contributed by atoms with van der Waals surface area (Å²) in [6.45, 7) is 0.584. The van der Waals surface area contributed by atoms with Crippen LogP contribution in [0.5, 0.6) is 0 Å². The number of esters is 1. The van der Waals surface area contributed by atoms with Crippen molar-refractivity contribution in [3.63, 3.8) is 0 Å². The summed E-state index contributed by atoms with van der Waals surface area (Å²) in [5.41, 5.74) is 4.84. The maximum Gasteiger partial charge on any atom is 0.374 e. The topological polar surface area (TPSA) is 94.6 Å². The van der Waals surface area contributed by atoms with Gasteiger partial charge < -0.3 is 20.2 Å². The van der Waals surface area contributed by atoms with E-state index in [0.29, 0.717) is 13.0 Å². The normalized spacial score (nSPS) is 9.60. The van der Waals surface area contributed by atoms with Gasteiger partial charge in [0.1, 0.15) is 0 Å². The molecule has 82 valence electrons. The van der Waals surface area contributed by atoms with Crippen molar-refractivity contribution in [1.82, 2.24) is 5.32 Å². The molecule has 1 aromatic heterocycles. The Labute approximate surface area is 86.4 Å². The van der Waals surface area contributed by atoms with Crippen LogP contribution in [0.1, 0.15) is 17.0 Å². The number of carbonyl (C=O) groups is 2. The molecule has 0 aliphatic rings. The summed E-state index contributed by atoms with van der Waals surface area (Å²) in [6.07, 6.45) is 1.90. The van der Waals surface area contributed by atoms with Crippen LogP contribution in [0.4, 0.5) is 4.79 Å². The van der Waals surface area contributed by atoms with Crippen molar-refractivity contribution >= 4 is 12.0 Å². The highest BCUT2D eigenvalue weighted by molar-refractivity contribution is 5.86. The second kappa shape index (κ2) is 5.69. The monoisotopic (exact) mass is 212 g/mol. The first-order chi connectivity index (χ1) is 7.20. The lowest BCUT2D eigenvalue weighted by Gasteiger charge is -2.02. The van der Waals surface area contributed by atoms with Crippen LogP contribution in [0.3, 0.4) is 0 Å². The van der Waals surface area contributed by atoms with E-state index in [9.17, 15) is 9.59 Å². The molecule has 0 fully saturated rings. The molecule has 1 heterocycles. The first-order valence-electron chi connectivity index (χ1n) is 4.44. The second-order valence-corrected chi connectivity index (χ2v) is 2.76. The number of amides is 2. The Morgan fingerprint density at radius 1 is 1.53 bits per heavy atom. The van der Waals surface area contributed by atoms with Crippen molar-refractivity contribution in [1.29, 1.82) is 0 Å². The number of urea groups is 1. The van der Waals surface area contributed by atoms with E-state index in [2.05, 4.69) is 5.32 Å². The Bertz CT molecular complexity index is 321. The molecule has 6 nitrogen and oxygen atoms in total. The van der Waals surface area contributed by atoms with E-state index in [4.69, 9.17) is 14.9 Å². The SMILES string of the molecule is NC(=O)NCCCOC(=O)c1ccco1. The van der Waals surface area contributed by atoms with Crippen LogP contribution in [0.15, 0.2) is 22.8 Å². The van der Waals surface area contributed by atoms with E-state index in [1.807, 2.05) is 0 Å². The Morgan fingerprint density at radius 3 is 2.93 bits per heavy atom. The zero-order valence-corrected chi connectivity index (χ0v) is 8.06. The van der Waals surface area contributed by atoms with Crippen molar-refractivity contribution in [2.24, 2.45) is 5.73 Å². The summed E-state index contributed by atoms with van der Waals surface area (Å²) in [7, 11) is 0. The van der Waals surface area contributed by atoms with Crippen molar-refractivity contribution < 1.29 is 18.7 Å². The molecule has 6 heteroatoms. The molecular formula is C9H12N2O4. The van der Waals surface area contributed by atoms with Gasteiger partial charge in [-0.3, -0.25) is 0 Å². The molecule has 0 saturated heterocycles. The van der Waals surface area contributed by atoms with Gasteiger partial charge in [-0.15, -0.1) is 0 Å². The predicted octanol–water partition coefficient (Wildman–Crippen LogP) is 0.495. The van der Waals surface area contributed by atoms with Crippen LogP contribution in [-0.2, 0) is 4.74 Å². The lowest BCUT2D eigenvalue weighted by molar-refractivity contribution is 0.0465. The summed E-state index contributed by atoms with van der Waals surface area (Å²) in [5.74, 6) is -0.350. The first-order valence-corrected chi connectivity index (χ1v) is 4.44. The minimum Gasteiger partial charge on any atom is -0.460 e. The maximum atomic E-state index is 11.2. The van der Waals surface area contributed by atoms with Gasteiger partial charge >= 0.3 is 12.0 Å². The fourth-order valence-electron chi connectivity index (χ4n) is 0.914. The largest absolute Gasteiger partial charge is 0.460 e. The number of ether oxygens (including phenoxy) is 1. The van der Waals surface area contributed by atoms with Gasteiger partial charge in [0, 0.05) is 6.54 Å². The van der Waals surface area contributed by atoms with Gasteiger partial charge in [0.15, 0.2) is 0 Å². The van der Waals surface area contributed by atoms with Gasteiger partial charge in [-0.25, -0.2) is 9.59 Å². The molecule has 1 aromatic rings. The Morgan fingerprint density at radius 2 is 2.33 bits per heavy atom. The van der Waals surface area contributed by atoms with Gasteiger partial charge in [-0.1, -0.05) is 0 Å². The zero-order valence-electron chi connectivity index (χ0n) is 8.06. The first kappa shape index (κ1) is 11.1. The number of nitrogens with two attached hydrogens (primary N) is 1. The number of primary amides is 1. The average Bonchev–Trinajstić information content (AvgIpc) is 2.69. The summed E-state index contributed by atoms with van der Waals surface area (Å²) < 4.78 is 9.67. The van der Waals surface area contributed by atoms with E-state index in [1.54, 1.807) is 6.07 Å². The number of carbonyl (C=O) groups excluding carboxylic acids is 2.